The smallest absolute Gasteiger partial charge is 0.266 e. The van der Waals surface area contributed by atoms with Crippen LogP contribution in [0.4, 0.5) is 0 Å². The maximum Gasteiger partial charge on any atom is 0.266 e. The van der Waals surface area contributed by atoms with Crippen LogP contribution in [-0.4, -0.2) is 41.6 Å². The van der Waals surface area contributed by atoms with Crippen molar-refractivity contribution in [1.29, 1.82) is 5.26 Å². The number of aryl methyl sites for hydroxylation is 1. The minimum atomic E-state index is -0.387. The van der Waals surface area contributed by atoms with E-state index in [0.29, 0.717) is 43.1 Å². The number of fused-ring (bicyclic) bond motifs is 1. The molecule has 0 bridgehead atoms. The zero-order valence-corrected chi connectivity index (χ0v) is 16.9. The average molecular weight is 395 g/mol. The van der Waals surface area contributed by atoms with Crippen LogP contribution in [0.2, 0.25) is 0 Å². The minimum Gasteiger partial charge on any atom is -0.486 e. The third-order valence-electron chi connectivity index (χ3n) is 5.24. The average Bonchev–Trinajstić information content (AvgIpc) is 2.71. The molecule has 1 aliphatic rings. The van der Waals surface area contributed by atoms with Crippen LogP contribution in [0.15, 0.2) is 29.1 Å². The number of hydrogen-bond acceptors (Lipinski definition) is 5. The molecule has 1 atom stereocenters. The molecule has 1 aromatic carbocycles. The molecule has 29 heavy (non-hydrogen) atoms. The van der Waals surface area contributed by atoms with E-state index in [2.05, 4.69) is 4.98 Å². The van der Waals surface area contributed by atoms with Crippen molar-refractivity contribution < 1.29 is 14.3 Å². The lowest BCUT2D eigenvalue weighted by Gasteiger charge is -2.31. The highest BCUT2D eigenvalue weighted by atomic mass is 16.6. The lowest BCUT2D eigenvalue weighted by Crippen LogP contribution is -2.43. The van der Waals surface area contributed by atoms with E-state index < -0.39 is 0 Å². The summed E-state index contributed by atoms with van der Waals surface area (Å²) < 4.78 is 11.7. The van der Waals surface area contributed by atoms with Gasteiger partial charge in [0, 0.05) is 18.7 Å². The quantitative estimate of drug-likeness (QED) is 0.811. The highest BCUT2D eigenvalue weighted by Crippen LogP contribution is 2.31. The summed E-state index contributed by atoms with van der Waals surface area (Å²) in [4.78, 5) is 29.1. The number of amides is 1. The van der Waals surface area contributed by atoms with Gasteiger partial charge in [0.1, 0.15) is 18.2 Å². The van der Waals surface area contributed by atoms with E-state index in [1.54, 1.807) is 18.7 Å². The van der Waals surface area contributed by atoms with Gasteiger partial charge in [-0.15, -0.1) is 0 Å². The van der Waals surface area contributed by atoms with Crippen LogP contribution in [0.25, 0.3) is 0 Å². The first-order valence-electron chi connectivity index (χ1n) is 9.73. The Hall–Kier alpha value is -3.27. The Labute approximate surface area is 169 Å². The lowest BCUT2D eigenvalue weighted by atomic mass is 9.99. The summed E-state index contributed by atoms with van der Waals surface area (Å²) in [5.74, 6) is 1.41. The first-order chi connectivity index (χ1) is 13.9. The molecule has 0 saturated heterocycles. The summed E-state index contributed by atoms with van der Waals surface area (Å²) in [6, 6.07) is 9.44. The van der Waals surface area contributed by atoms with Gasteiger partial charge in [-0.25, -0.2) is 0 Å². The Morgan fingerprint density at radius 3 is 2.72 bits per heavy atom. The number of benzene rings is 1. The second kappa shape index (κ2) is 8.82. The van der Waals surface area contributed by atoms with Crippen molar-refractivity contribution in [3.05, 3.63) is 57.0 Å². The monoisotopic (exact) mass is 395 g/mol. The van der Waals surface area contributed by atoms with Crippen LogP contribution in [-0.2, 0) is 11.2 Å². The molecule has 0 spiro atoms. The largest absolute Gasteiger partial charge is 0.486 e. The highest BCUT2D eigenvalue weighted by molar-refractivity contribution is 5.76. The molecule has 0 aliphatic carbocycles. The van der Waals surface area contributed by atoms with Gasteiger partial charge in [0.15, 0.2) is 17.6 Å². The number of nitrogens with zero attached hydrogens (tertiary/aromatic N) is 2. The van der Waals surface area contributed by atoms with E-state index in [4.69, 9.17) is 9.47 Å². The first-order valence-corrected chi connectivity index (χ1v) is 9.73. The van der Waals surface area contributed by atoms with Crippen LogP contribution >= 0.6 is 0 Å². The van der Waals surface area contributed by atoms with Gasteiger partial charge >= 0.3 is 0 Å². The number of H-pyrrole nitrogens is 1. The number of hydrogen-bond donors (Lipinski definition) is 1. The van der Waals surface area contributed by atoms with Crippen molar-refractivity contribution in [3.63, 3.8) is 0 Å². The number of pyridine rings is 1. The molecule has 7 heteroatoms. The Bertz CT molecular complexity index is 1010. The second-order valence-corrected chi connectivity index (χ2v) is 7.10. The van der Waals surface area contributed by atoms with Gasteiger partial charge in [-0.2, -0.15) is 5.26 Å². The third kappa shape index (κ3) is 4.43. The van der Waals surface area contributed by atoms with Crippen LogP contribution in [0.3, 0.4) is 0 Å². The number of aromatic amines is 1. The van der Waals surface area contributed by atoms with Gasteiger partial charge < -0.3 is 19.4 Å². The molecule has 1 unspecified atom stereocenters. The van der Waals surface area contributed by atoms with E-state index in [1.165, 1.54) is 0 Å². The summed E-state index contributed by atoms with van der Waals surface area (Å²) in [5, 5.41) is 9.20. The zero-order chi connectivity index (χ0) is 21.0. The van der Waals surface area contributed by atoms with Gasteiger partial charge in [0.25, 0.3) is 5.56 Å². The molecule has 3 rings (SSSR count). The Balaban J connectivity index is 1.64. The Morgan fingerprint density at radius 1 is 1.31 bits per heavy atom. The maximum atomic E-state index is 12.8. The molecule has 2 heterocycles. The molecule has 2 aromatic rings. The third-order valence-corrected chi connectivity index (χ3v) is 5.24. The van der Waals surface area contributed by atoms with Gasteiger partial charge in [-0.1, -0.05) is 12.1 Å². The van der Waals surface area contributed by atoms with Gasteiger partial charge in [-0.05, 0) is 50.5 Å². The van der Waals surface area contributed by atoms with Crippen molar-refractivity contribution in [2.75, 3.05) is 19.7 Å². The fourth-order valence-electron chi connectivity index (χ4n) is 3.62. The molecule has 1 amide bonds. The van der Waals surface area contributed by atoms with Crippen LogP contribution in [0.5, 0.6) is 11.5 Å². The molecule has 152 valence electrons. The van der Waals surface area contributed by atoms with Gasteiger partial charge in [-0.3, -0.25) is 9.59 Å². The van der Waals surface area contributed by atoms with E-state index >= 15 is 0 Å². The molecule has 1 aromatic heterocycles. The summed E-state index contributed by atoms with van der Waals surface area (Å²) >= 11 is 0. The van der Waals surface area contributed by atoms with E-state index in [0.717, 1.165) is 11.3 Å². The molecular formula is C22H25N3O4. The van der Waals surface area contributed by atoms with Gasteiger partial charge in [0.2, 0.25) is 5.91 Å². The molecule has 0 saturated carbocycles. The fraction of sp³-hybridized carbons (Fsp3) is 0.409. The standard InChI is InChI=1S/C22H25N3O4/c1-4-25(12-16-13-28-19-7-5-6-8-20(19)29-16)21(26)10-9-17-14(2)18(11-23)22(27)24-15(17)3/h5-8,16H,4,9-10,12-13H2,1-3H3,(H,24,27). The number of nitriles is 1. The molecule has 1 N–H and O–H groups in total. The van der Waals surface area contributed by atoms with E-state index in [9.17, 15) is 14.9 Å². The second-order valence-electron chi connectivity index (χ2n) is 7.10. The molecule has 7 nitrogen and oxygen atoms in total. The predicted octanol–water partition coefficient (Wildman–Crippen LogP) is 2.48. The number of likely N-dealkylation sites (N-methyl/N-ethyl adjacent to an activating group) is 1. The summed E-state index contributed by atoms with van der Waals surface area (Å²) in [5.41, 5.74) is 1.91. The van der Waals surface area contributed by atoms with Crippen molar-refractivity contribution in [1.82, 2.24) is 9.88 Å². The minimum absolute atomic E-state index is 0.00142. The summed E-state index contributed by atoms with van der Waals surface area (Å²) in [6.07, 6.45) is 0.524. The SMILES string of the molecule is CCN(CC1COc2ccccc2O1)C(=O)CCc1c(C)[nH]c(=O)c(C#N)c1C. The highest BCUT2D eigenvalue weighted by Gasteiger charge is 2.25. The number of nitrogens with one attached hydrogen (secondary N) is 1. The van der Waals surface area contributed by atoms with E-state index in [-0.39, 0.29) is 29.6 Å². The molecule has 0 fully saturated rings. The first kappa shape index (κ1) is 20.5. The number of para-hydroxylation sites is 2. The summed E-state index contributed by atoms with van der Waals surface area (Å²) in [7, 11) is 0. The lowest BCUT2D eigenvalue weighted by molar-refractivity contribution is -0.132. The predicted molar refractivity (Wildman–Crippen MR) is 108 cm³/mol. The number of rotatable bonds is 6. The number of aromatic nitrogens is 1. The molecule has 1 aliphatic heterocycles. The van der Waals surface area contributed by atoms with Crippen molar-refractivity contribution in [2.24, 2.45) is 0 Å². The normalized spacial score (nSPS) is 14.9. The molecular weight excluding hydrogens is 370 g/mol. The maximum absolute atomic E-state index is 12.8. The van der Waals surface area contributed by atoms with Crippen molar-refractivity contribution >= 4 is 5.91 Å². The number of carbonyl (C=O) groups excluding carboxylic acids is 1. The number of carbonyl (C=O) groups is 1. The van der Waals surface area contributed by atoms with Crippen LogP contribution in [0.1, 0.15) is 35.7 Å². The molecule has 0 radical (unpaired) electrons. The topological polar surface area (TPSA) is 95.4 Å². The fourth-order valence-corrected chi connectivity index (χ4v) is 3.62. The Morgan fingerprint density at radius 2 is 2.03 bits per heavy atom. The van der Waals surface area contributed by atoms with Crippen molar-refractivity contribution in [3.8, 4) is 17.6 Å². The van der Waals surface area contributed by atoms with Crippen LogP contribution in [0, 0.1) is 25.2 Å². The van der Waals surface area contributed by atoms with Gasteiger partial charge in [0.05, 0.1) is 6.54 Å². The zero-order valence-electron chi connectivity index (χ0n) is 16.9. The Kier molecular flexibility index (Phi) is 6.23. The van der Waals surface area contributed by atoms with Crippen molar-refractivity contribution in [2.45, 2.75) is 39.7 Å². The number of ether oxygens (including phenoxy) is 2. The summed E-state index contributed by atoms with van der Waals surface area (Å²) in [6.45, 7) is 6.87. The van der Waals surface area contributed by atoms with Crippen LogP contribution < -0.4 is 15.0 Å². The van der Waals surface area contributed by atoms with E-state index in [1.807, 2.05) is 37.3 Å².